The van der Waals surface area contributed by atoms with Gasteiger partial charge in [-0.3, -0.25) is 4.99 Å². The fourth-order valence-corrected chi connectivity index (χ4v) is 2.74. The molecule has 0 aromatic heterocycles. The molecule has 0 aromatic rings. The lowest BCUT2D eigenvalue weighted by molar-refractivity contribution is 0.153. The van der Waals surface area contributed by atoms with Gasteiger partial charge in [-0.05, 0) is 24.4 Å². The number of fused-ring (bicyclic) bond motifs is 1. The van der Waals surface area contributed by atoms with E-state index in [9.17, 15) is 0 Å². The zero-order valence-electron chi connectivity index (χ0n) is 8.58. The first-order chi connectivity index (χ1) is 6.83. The molecule has 1 heterocycles. The van der Waals surface area contributed by atoms with Crippen LogP contribution in [-0.4, -0.2) is 42.5 Å². The lowest BCUT2D eigenvalue weighted by Crippen LogP contribution is -2.41. The van der Waals surface area contributed by atoms with Crippen molar-refractivity contribution in [2.24, 2.45) is 4.99 Å². The van der Waals surface area contributed by atoms with Gasteiger partial charge in [0, 0.05) is 13.7 Å². The Bertz CT molecular complexity index is 232. The minimum Gasteiger partial charge on any atom is -0.383 e. The van der Waals surface area contributed by atoms with Crippen LogP contribution in [0, 0.1) is 0 Å². The van der Waals surface area contributed by atoms with E-state index in [2.05, 4.69) is 9.89 Å². The smallest absolute Gasteiger partial charge is 0.194 e. The molecule has 2 aliphatic rings. The number of halogens is 1. The van der Waals surface area contributed by atoms with E-state index in [0.717, 1.165) is 13.2 Å². The lowest BCUT2D eigenvalue weighted by atomic mass is 9.91. The Morgan fingerprint density at radius 2 is 2.29 bits per heavy atom. The summed E-state index contributed by atoms with van der Waals surface area (Å²) < 4.78 is 5.08. The van der Waals surface area contributed by atoms with E-state index in [-0.39, 0.29) is 0 Å². The highest BCUT2D eigenvalue weighted by Crippen LogP contribution is 2.31. The second-order valence-corrected chi connectivity index (χ2v) is 4.34. The number of hydrogen-bond donors (Lipinski definition) is 0. The highest BCUT2D eigenvalue weighted by atomic mass is 35.5. The van der Waals surface area contributed by atoms with E-state index in [0.29, 0.717) is 17.4 Å². The number of hydrogen-bond acceptors (Lipinski definition) is 3. The summed E-state index contributed by atoms with van der Waals surface area (Å²) in [5.41, 5.74) is 0. The van der Waals surface area contributed by atoms with Crippen LogP contribution in [0.4, 0.5) is 0 Å². The fraction of sp³-hybridized carbons (Fsp3) is 0.900. The van der Waals surface area contributed by atoms with E-state index < -0.39 is 0 Å². The number of ether oxygens (including phenoxy) is 1. The van der Waals surface area contributed by atoms with Crippen molar-refractivity contribution in [3.8, 4) is 0 Å². The molecular formula is C10H17ClN2O. The Hall–Kier alpha value is -0.280. The molecule has 0 radical (unpaired) electrons. The molecule has 0 amide bonds. The molecule has 0 bridgehead atoms. The van der Waals surface area contributed by atoms with E-state index in [1.807, 2.05) is 0 Å². The molecule has 2 rings (SSSR count). The molecule has 0 spiro atoms. The average Bonchev–Trinajstić information content (AvgIpc) is 2.51. The molecule has 0 N–H and O–H groups in total. The SMILES string of the molecule is COCCN1C(Cl)=N[C@@H]2CCCC[C@@H]21. The molecule has 4 heteroatoms. The largest absolute Gasteiger partial charge is 0.383 e. The second-order valence-electron chi connectivity index (χ2n) is 4.00. The van der Waals surface area contributed by atoms with Crippen molar-refractivity contribution >= 4 is 16.9 Å². The Labute approximate surface area is 90.1 Å². The molecule has 0 saturated heterocycles. The molecule has 1 aliphatic carbocycles. The standard InChI is InChI=1S/C10H17ClN2O/c1-14-7-6-13-9-5-3-2-4-8(9)12-10(13)11/h8-9H,2-7H2,1H3/t8-,9+/m1/s1. The summed E-state index contributed by atoms with van der Waals surface area (Å²) >= 11 is 6.11. The third kappa shape index (κ3) is 1.89. The van der Waals surface area contributed by atoms with Gasteiger partial charge in [-0.1, -0.05) is 12.8 Å². The number of aliphatic imine (C=N–C) groups is 1. The molecule has 0 aromatic carbocycles. The first-order valence-corrected chi connectivity index (χ1v) is 5.69. The Balaban J connectivity index is 1.98. The number of methoxy groups -OCH3 is 1. The Morgan fingerprint density at radius 1 is 1.50 bits per heavy atom. The van der Waals surface area contributed by atoms with Crippen LogP contribution in [0.5, 0.6) is 0 Å². The van der Waals surface area contributed by atoms with Crippen molar-refractivity contribution in [3.05, 3.63) is 0 Å². The number of rotatable bonds is 3. The molecule has 1 saturated carbocycles. The van der Waals surface area contributed by atoms with Crippen LogP contribution in [-0.2, 0) is 4.74 Å². The quantitative estimate of drug-likeness (QED) is 0.673. The maximum absolute atomic E-state index is 6.11. The van der Waals surface area contributed by atoms with Crippen LogP contribution in [0.25, 0.3) is 0 Å². The van der Waals surface area contributed by atoms with E-state index in [1.54, 1.807) is 7.11 Å². The predicted octanol–water partition coefficient (Wildman–Crippen LogP) is 1.85. The fourth-order valence-electron chi connectivity index (χ4n) is 2.40. The third-order valence-electron chi connectivity index (χ3n) is 3.14. The normalized spacial score (nSPS) is 31.6. The monoisotopic (exact) mass is 216 g/mol. The van der Waals surface area contributed by atoms with Gasteiger partial charge in [0.25, 0.3) is 0 Å². The van der Waals surface area contributed by atoms with Gasteiger partial charge >= 0.3 is 0 Å². The van der Waals surface area contributed by atoms with Crippen LogP contribution in [0.2, 0.25) is 0 Å². The van der Waals surface area contributed by atoms with Gasteiger partial charge in [0.1, 0.15) is 0 Å². The van der Waals surface area contributed by atoms with Crippen LogP contribution >= 0.6 is 11.6 Å². The van der Waals surface area contributed by atoms with Crippen LogP contribution in [0.15, 0.2) is 4.99 Å². The van der Waals surface area contributed by atoms with Gasteiger partial charge in [-0.15, -0.1) is 0 Å². The summed E-state index contributed by atoms with van der Waals surface area (Å²) in [6.45, 7) is 1.61. The maximum atomic E-state index is 6.11. The molecule has 2 atom stereocenters. The molecule has 1 aliphatic heterocycles. The lowest BCUT2D eigenvalue weighted by Gasteiger charge is -2.31. The highest BCUT2D eigenvalue weighted by Gasteiger charge is 2.36. The molecule has 0 unspecified atom stereocenters. The molecule has 14 heavy (non-hydrogen) atoms. The van der Waals surface area contributed by atoms with Gasteiger partial charge in [-0.25, -0.2) is 0 Å². The maximum Gasteiger partial charge on any atom is 0.194 e. The Morgan fingerprint density at radius 3 is 3.07 bits per heavy atom. The van der Waals surface area contributed by atoms with Crippen molar-refractivity contribution in [2.45, 2.75) is 37.8 Å². The van der Waals surface area contributed by atoms with Crippen LogP contribution in [0.1, 0.15) is 25.7 Å². The summed E-state index contributed by atoms with van der Waals surface area (Å²) in [6.07, 6.45) is 5.04. The minimum atomic E-state index is 0.452. The zero-order chi connectivity index (χ0) is 9.97. The summed E-state index contributed by atoms with van der Waals surface area (Å²) in [4.78, 5) is 6.70. The first-order valence-electron chi connectivity index (χ1n) is 5.32. The number of amidine groups is 1. The predicted molar refractivity (Wildman–Crippen MR) is 57.9 cm³/mol. The van der Waals surface area contributed by atoms with E-state index >= 15 is 0 Å². The van der Waals surface area contributed by atoms with Gasteiger partial charge in [0.15, 0.2) is 5.29 Å². The van der Waals surface area contributed by atoms with Gasteiger partial charge < -0.3 is 9.64 Å². The van der Waals surface area contributed by atoms with Crippen LogP contribution < -0.4 is 0 Å². The summed E-state index contributed by atoms with van der Waals surface area (Å²) in [5, 5.41) is 0.693. The first kappa shape index (κ1) is 10.2. The topological polar surface area (TPSA) is 24.8 Å². The zero-order valence-corrected chi connectivity index (χ0v) is 9.33. The molecular weight excluding hydrogens is 200 g/mol. The van der Waals surface area contributed by atoms with Crippen molar-refractivity contribution in [3.63, 3.8) is 0 Å². The van der Waals surface area contributed by atoms with Crippen molar-refractivity contribution < 1.29 is 4.74 Å². The number of nitrogens with zero attached hydrogens (tertiary/aromatic N) is 2. The van der Waals surface area contributed by atoms with E-state index in [1.165, 1.54) is 25.7 Å². The highest BCUT2D eigenvalue weighted by molar-refractivity contribution is 6.64. The molecule has 80 valence electrons. The third-order valence-corrected chi connectivity index (χ3v) is 3.45. The minimum absolute atomic E-state index is 0.452. The van der Waals surface area contributed by atoms with Crippen molar-refractivity contribution in [2.75, 3.05) is 20.3 Å². The second kappa shape index (κ2) is 4.49. The molecule has 1 fully saturated rings. The van der Waals surface area contributed by atoms with Crippen molar-refractivity contribution in [1.29, 1.82) is 0 Å². The van der Waals surface area contributed by atoms with Gasteiger partial charge in [0.2, 0.25) is 0 Å². The van der Waals surface area contributed by atoms with Gasteiger partial charge in [0.05, 0.1) is 18.7 Å². The Kier molecular flexibility index (Phi) is 3.29. The summed E-state index contributed by atoms with van der Waals surface area (Å²) in [6, 6.07) is 1.000. The van der Waals surface area contributed by atoms with Crippen LogP contribution in [0.3, 0.4) is 0 Å². The summed E-state index contributed by atoms with van der Waals surface area (Å²) in [7, 11) is 1.72. The average molecular weight is 217 g/mol. The van der Waals surface area contributed by atoms with Gasteiger partial charge in [-0.2, -0.15) is 0 Å². The summed E-state index contributed by atoms with van der Waals surface area (Å²) in [5.74, 6) is 0. The van der Waals surface area contributed by atoms with Crippen molar-refractivity contribution in [1.82, 2.24) is 4.90 Å². The van der Waals surface area contributed by atoms with E-state index in [4.69, 9.17) is 16.3 Å². The molecule has 3 nitrogen and oxygen atoms in total.